The number of thiophene rings is 1. The number of hydrogen-bond acceptors (Lipinski definition) is 6. The van der Waals surface area contributed by atoms with Crippen molar-refractivity contribution in [2.75, 3.05) is 27.7 Å². The van der Waals surface area contributed by atoms with E-state index in [9.17, 15) is 18.0 Å². The second-order valence-corrected chi connectivity index (χ2v) is 6.76. The number of hydrogen-bond donors (Lipinski definition) is 1. The van der Waals surface area contributed by atoms with Gasteiger partial charge in [-0.1, -0.05) is 0 Å². The maximum atomic E-state index is 12.2. The van der Waals surface area contributed by atoms with E-state index in [1.165, 1.54) is 26.1 Å². The first-order valence-corrected chi connectivity index (χ1v) is 7.93. The molecule has 112 valence electrons. The minimum Gasteiger partial charge on any atom is -0.465 e. The molecule has 0 spiro atoms. The first kappa shape index (κ1) is 16.6. The maximum absolute atomic E-state index is 12.2. The molecule has 1 heterocycles. The summed E-state index contributed by atoms with van der Waals surface area (Å²) in [7, 11) is 0.268. The molecule has 0 unspecified atom stereocenters. The first-order valence-electron chi connectivity index (χ1n) is 5.57. The maximum Gasteiger partial charge on any atom is 0.349 e. The minimum atomic E-state index is -3.95. The lowest BCUT2D eigenvalue weighted by Crippen LogP contribution is -2.36. The zero-order valence-corrected chi connectivity index (χ0v) is 13.2. The highest BCUT2D eigenvalue weighted by molar-refractivity contribution is 7.89. The van der Waals surface area contributed by atoms with E-state index in [4.69, 9.17) is 0 Å². The van der Waals surface area contributed by atoms with Gasteiger partial charge >= 0.3 is 5.97 Å². The van der Waals surface area contributed by atoms with E-state index in [0.717, 1.165) is 11.3 Å². The number of nitrogens with one attached hydrogen (secondary N) is 1. The van der Waals surface area contributed by atoms with Crippen molar-refractivity contribution in [3.05, 3.63) is 15.8 Å². The Morgan fingerprint density at radius 3 is 2.50 bits per heavy atom. The molecule has 7 nitrogen and oxygen atoms in total. The van der Waals surface area contributed by atoms with Crippen LogP contribution in [0.15, 0.2) is 10.3 Å². The van der Waals surface area contributed by atoms with E-state index < -0.39 is 16.0 Å². The summed E-state index contributed by atoms with van der Waals surface area (Å²) in [5.74, 6) is -1.11. The van der Waals surface area contributed by atoms with E-state index in [1.54, 1.807) is 12.3 Å². The number of ether oxygens (including phenoxy) is 1. The highest BCUT2D eigenvalue weighted by Crippen LogP contribution is 2.27. The number of aryl methyl sites for hydroxylation is 1. The third-order valence-electron chi connectivity index (χ3n) is 2.47. The van der Waals surface area contributed by atoms with Gasteiger partial charge < -0.3 is 9.64 Å². The zero-order chi connectivity index (χ0) is 15.5. The number of likely N-dealkylation sites (N-methyl/N-ethyl adjacent to an activating group) is 1. The smallest absolute Gasteiger partial charge is 0.349 e. The molecule has 1 N–H and O–H groups in total. The Labute approximate surface area is 121 Å². The number of carbonyl (C=O) groups is 2. The minimum absolute atomic E-state index is 0.00481. The first-order chi connectivity index (χ1) is 9.20. The molecule has 0 bridgehead atoms. The highest BCUT2D eigenvalue weighted by atomic mass is 32.2. The Morgan fingerprint density at radius 1 is 1.40 bits per heavy atom. The van der Waals surface area contributed by atoms with E-state index in [2.05, 4.69) is 9.46 Å². The Bertz CT molecular complexity index is 619. The van der Waals surface area contributed by atoms with Crippen LogP contribution in [0.4, 0.5) is 0 Å². The van der Waals surface area contributed by atoms with Crippen LogP contribution in [0.1, 0.15) is 15.2 Å². The Morgan fingerprint density at radius 2 is 2.00 bits per heavy atom. The van der Waals surface area contributed by atoms with Crippen molar-refractivity contribution in [3.63, 3.8) is 0 Å². The van der Waals surface area contributed by atoms with Crippen LogP contribution in [0.2, 0.25) is 0 Å². The quantitative estimate of drug-likeness (QED) is 0.783. The van der Waals surface area contributed by atoms with Crippen LogP contribution >= 0.6 is 11.3 Å². The fourth-order valence-electron chi connectivity index (χ4n) is 1.39. The van der Waals surface area contributed by atoms with Gasteiger partial charge in [0.1, 0.15) is 9.77 Å². The van der Waals surface area contributed by atoms with Crippen molar-refractivity contribution in [2.24, 2.45) is 0 Å². The van der Waals surface area contributed by atoms with Gasteiger partial charge in [-0.15, -0.1) is 11.3 Å². The summed E-state index contributed by atoms with van der Waals surface area (Å²) in [6, 6.07) is 0. The predicted molar refractivity (Wildman–Crippen MR) is 74.3 cm³/mol. The SMILES string of the molecule is COC(=O)c1scc(C)c1S(=O)(=O)NCC(=O)N(C)C. The molecule has 1 rings (SSSR count). The van der Waals surface area contributed by atoms with Gasteiger partial charge in [-0.05, 0) is 17.9 Å². The van der Waals surface area contributed by atoms with Crippen LogP contribution in [0.25, 0.3) is 0 Å². The topological polar surface area (TPSA) is 92.8 Å². The summed E-state index contributed by atoms with van der Waals surface area (Å²) in [4.78, 5) is 24.1. The van der Waals surface area contributed by atoms with Crippen molar-refractivity contribution < 1.29 is 22.7 Å². The fraction of sp³-hybridized carbons (Fsp3) is 0.455. The van der Waals surface area contributed by atoms with Crippen LogP contribution in [0, 0.1) is 6.92 Å². The highest BCUT2D eigenvalue weighted by Gasteiger charge is 2.27. The molecule has 0 aliphatic carbocycles. The summed E-state index contributed by atoms with van der Waals surface area (Å²) in [5.41, 5.74) is 0.431. The van der Waals surface area contributed by atoms with Crippen LogP contribution < -0.4 is 4.72 Å². The number of nitrogens with zero attached hydrogens (tertiary/aromatic N) is 1. The van der Waals surface area contributed by atoms with E-state index >= 15 is 0 Å². The van der Waals surface area contributed by atoms with Crippen molar-refractivity contribution in [2.45, 2.75) is 11.8 Å². The third kappa shape index (κ3) is 3.56. The van der Waals surface area contributed by atoms with Gasteiger partial charge in [0, 0.05) is 14.1 Å². The molecular formula is C11H16N2O5S2. The normalized spacial score (nSPS) is 11.2. The number of esters is 1. The summed E-state index contributed by atoms with van der Waals surface area (Å²) in [5, 5.41) is 1.55. The van der Waals surface area contributed by atoms with Crippen molar-refractivity contribution in [1.82, 2.24) is 9.62 Å². The molecule has 1 aromatic heterocycles. The lowest BCUT2D eigenvalue weighted by Gasteiger charge is -2.12. The van der Waals surface area contributed by atoms with Crippen molar-refractivity contribution >= 4 is 33.2 Å². The molecule has 20 heavy (non-hydrogen) atoms. The second-order valence-electron chi connectivity index (χ2n) is 4.18. The molecular weight excluding hydrogens is 304 g/mol. The Balaban J connectivity index is 3.07. The molecule has 0 fully saturated rings. The van der Waals surface area contributed by atoms with Gasteiger partial charge in [-0.25, -0.2) is 17.9 Å². The second kappa shape index (κ2) is 6.33. The number of rotatable bonds is 5. The number of amides is 1. The number of methoxy groups -OCH3 is 1. The van der Waals surface area contributed by atoms with Crippen LogP contribution in [0.5, 0.6) is 0 Å². The lowest BCUT2D eigenvalue weighted by atomic mass is 10.3. The molecule has 9 heteroatoms. The van der Waals surface area contributed by atoms with Gasteiger partial charge in [-0.2, -0.15) is 0 Å². The molecule has 0 aliphatic rings. The summed E-state index contributed by atoms with van der Waals surface area (Å²) < 4.78 is 31.1. The van der Waals surface area contributed by atoms with E-state index in [1.807, 2.05) is 0 Å². The summed E-state index contributed by atoms with van der Waals surface area (Å²) in [6.07, 6.45) is 0. The molecule has 0 radical (unpaired) electrons. The van der Waals surface area contributed by atoms with Gasteiger partial charge in [0.05, 0.1) is 13.7 Å². The van der Waals surface area contributed by atoms with Crippen molar-refractivity contribution in [3.8, 4) is 0 Å². The molecule has 0 aliphatic heterocycles. The molecule has 1 amide bonds. The molecule has 0 aromatic carbocycles. The Kier molecular flexibility index (Phi) is 5.26. The fourth-order valence-corrected chi connectivity index (χ4v) is 4.06. The van der Waals surface area contributed by atoms with Gasteiger partial charge in [0.15, 0.2) is 0 Å². The molecule has 0 saturated carbocycles. The van der Waals surface area contributed by atoms with Gasteiger partial charge in [0.2, 0.25) is 15.9 Å². The standard InChI is InChI=1S/C11H16N2O5S2/c1-7-6-19-9(11(15)18-4)10(7)20(16,17)12-5-8(14)13(2)3/h6,12H,5H2,1-4H3. The number of sulfonamides is 1. The van der Waals surface area contributed by atoms with Crippen molar-refractivity contribution in [1.29, 1.82) is 0 Å². The van der Waals surface area contributed by atoms with E-state index in [-0.39, 0.29) is 22.2 Å². The summed E-state index contributed by atoms with van der Waals surface area (Å²) in [6.45, 7) is 1.20. The number of carbonyl (C=O) groups excluding carboxylic acids is 2. The zero-order valence-electron chi connectivity index (χ0n) is 11.6. The molecule has 1 aromatic rings. The molecule has 0 atom stereocenters. The predicted octanol–water partition coefficient (Wildman–Crippen LogP) is 0.210. The third-order valence-corrected chi connectivity index (χ3v) is 5.26. The largest absolute Gasteiger partial charge is 0.465 e. The van der Waals surface area contributed by atoms with Gasteiger partial charge in [0.25, 0.3) is 0 Å². The van der Waals surface area contributed by atoms with Crippen LogP contribution in [0.3, 0.4) is 0 Å². The molecule has 0 saturated heterocycles. The van der Waals surface area contributed by atoms with E-state index in [0.29, 0.717) is 5.56 Å². The summed E-state index contributed by atoms with van der Waals surface area (Å²) >= 11 is 0.987. The average Bonchev–Trinajstić information content (AvgIpc) is 2.77. The van der Waals surface area contributed by atoms with Crippen LogP contribution in [-0.4, -0.2) is 52.9 Å². The van der Waals surface area contributed by atoms with Gasteiger partial charge in [-0.3, -0.25) is 4.79 Å². The Hall–Kier alpha value is -1.45. The lowest BCUT2D eigenvalue weighted by molar-refractivity contribution is -0.127. The van der Waals surface area contributed by atoms with Crippen LogP contribution in [-0.2, 0) is 19.6 Å². The monoisotopic (exact) mass is 320 g/mol. The average molecular weight is 320 g/mol.